The van der Waals surface area contributed by atoms with E-state index in [1.54, 1.807) is 25.1 Å². The first-order valence-corrected chi connectivity index (χ1v) is 9.53. The lowest BCUT2D eigenvalue weighted by molar-refractivity contribution is -0.137. The van der Waals surface area contributed by atoms with E-state index in [0.717, 1.165) is 18.2 Å². The third kappa shape index (κ3) is 5.67. The van der Waals surface area contributed by atoms with E-state index >= 15 is 0 Å². The maximum Gasteiger partial charge on any atom is 0.534 e. The van der Waals surface area contributed by atoms with Gasteiger partial charge in [0.1, 0.15) is 12.0 Å². The molecule has 0 aromatic heterocycles. The highest BCUT2D eigenvalue weighted by Gasteiger charge is 2.48. The third-order valence-electron chi connectivity index (χ3n) is 3.53. The van der Waals surface area contributed by atoms with Crippen molar-refractivity contribution in [1.29, 1.82) is 0 Å². The van der Waals surface area contributed by atoms with Gasteiger partial charge in [0.25, 0.3) is 0 Å². The minimum absolute atomic E-state index is 0.115. The Kier molecular flexibility index (Phi) is 6.80. The Balaban J connectivity index is 2.53. The lowest BCUT2D eigenvalue weighted by atomic mass is 9.97. The molecule has 0 heterocycles. The number of aldehydes is 1. The molecule has 0 unspecified atom stereocenters. The zero-order chi connectivity index (χ0) is 21.7. The molecule has 10 heteroatoms. The molecule has 2 aromatic carbocycles. The van der Waals surface area contributed by atoms with Crippen molar-refractivity contribution in [2.45, 2.75) is 12.4 Å². The first-order valence-electron chi connectivity index (χ1n) is 8.12. The van der Waals surface area contributed by atoms with Gasteiger partial charge in [0.05, 0.1) is 6.61 Å². The fraction of sp³-hybridized carbons (Fsp3) is 0.158. The minimum Gasteiger partial charge on any atom is -0.463 e. The second-order valence-electron chi connectivity index (χ2n) is 5.56. The first kappa shape index (κ1) is 22.2. The van der Waals surface area contributed by atoms with Crippen LogP contribution in [-0.4, -0.2) is 32.8 Å². The molecule has 0 radical (unpaired) electrons. The molecule has 0 aliphatic heterocycles. The summed E-state index contributed by atoms with van der Waals surface area (Å²) in [4.78, 5) is 22.6. The number of rotatable bonds is 7. The maximum absolute atomic E-state index is 12.6. The van der Waals surface area contributed by atoms with Gasteiger partial charge < -0.3 is 8.92 Å². The van der Waals surface area contributed by atoms with Crippen molar-refractivity contribution >= 4 is 28.4 Å². The number of carbonyl (C=O) groups excluding carboxylic acids is 2. The summed E-state index contributed by atoms with van der Waals surface area (Å²) < 4.78 is 69.1. The summed E-state index contributed by atoms with van der Waals surface area (Å²) in [6.45, 7) is 1.71. The van der Waals surface area contributed by atoms with Crippen LogP contribution in [0.25, 0.3) is 17.2 Å². The van der Waals surface area contributed by atoms with Crippen LogP contribution in [0.15, 0.2) is 48.5 Å². The minimum atomic E-state index is -5.86. The SMILES string of the molecule is CCOC(=O)C=Cc1cc(OS(=O)(=O)C(F)(F)F)ccc1-c1cccc(C=O)c1. The molecule has 0 atom stereocenters. The predicted molar refractivity (Wildman–Crippen MR) is 98.5 cm³/mol. The van der Waals surface area contributed by atoms with Gasteiger partial charge in [-0.1, -0.05) is 24.3 Å². The Labute approximate surface area is 164 Å². The molecule has 0 aliphatic rings. The van der Waals surface area contributed by atoms with Crippen molar-refractivity contribution in [2.75, 3.05) is 6.61 Å². The number of carbonyl (C=O) groups is 2. The van der Waals surface area contributed by atoms with Crippen molar-refractivity contribution in [3.8, 4) is 16.9 Å². The summed E-state index contributed by atoms with van der Waals surface area (Å²) in [5, 5.41) is 0. The van der Waals surface area contributed by atoms with Crippen molar-refractivity contribution in [3.05, 3.63) is 59.7 Å². The van der Waals surface area contributed by atoms with Crippen LogP contribution in [-0.2, 0) is 19.6 Å². The molecule has 0 amide bonds. The monoisotopic (exact) mass is 428 g/mol. The van der Waals surface area contributed by atoms with Gasteiger partial charge in [-0.15, -0.1) is 0 Å². The van der Waals surface area contributed by atoms with Gasteiger partial charge >= 0.3 is 21.6 Å². The van der Waals surface area contributed by atoms with Crippen LogP contribution in [0.4, 0.5) is 13.2 Å². The molecular weight excluding hydrogens is 413 g/mol. The molecule has 0 saturated carbocycles. The fourth-order valence-corrected chi connectivity index (χ4v) is 2.75. The molecule has 0 spiro atoms. The zero-order valence-corrected chi connectivity index (χ0v) is 15.8. The smallest absolute Gasteiger partial charge is 0.463 e. The van der Waals surface area contributed by atoms with Crippen LogP contribution in [0.3, 0.4) is 0 Å². The van der Waals surface area contributed by atoms with Crippen molar-refractivity contribution in [2.24, 2.45) is 0 Å². The van der Waals surface area contributed by atoms with E-state index in [0.29, 0.717) is 23.0 Å². The summed E-state index contributed by atoms with van der Waals surface area (Å²) in [6, 6.07) is 9.69. The molecular formula is C19H15F3O6S. The zero-order valence-electron chi connectivity index (χ0n) is 15.0. The molecule has 2 rings (SSSR count). The van der Waals surface area contributed by atoms with Gasteiger partial charge in [-0.2, -0.15) is 21.6 Å². The van der Waals surface area contributed by atoms with Gasteiger partial charge in [0.15, 0.2) is 0 Å². The van der Waals surface area contributed by atoms with Crippen LogP contribution in [0, 0.1) is 0 Å². The average molecular weight is 428 g/mol. The molecule has 0 saturated heterocycles. The third-order valence-corrected chi connectivity index (χ3v) is 4.51. The van der Waals surface area contributed by atoms with Crippen molar-refractivity contribution in [1.82, 2.24) is 0 Å². The number of hydrogen-bond donors (Lipinski definition) is 0. The second kappa shape index (κ2) is 8.91. The largest absolute Gasteiger partial charge is 0.534 e. The number of halogens is 3. The topological polar surface area (TPSA) is 86.7 Å². The van der Waals surface area contributed by atoms with Crippen molar-refractivity contribution < 1.29 is 40.1 Å². The Bertz CT molecular complexity index is 1040. The molecule has 0 bridgehead atoms. The number of esters is 1. The van der Waals surface area contributed by atoms with E-state index in [9.17, 15) is 31.2 Å². The van der Waals surface area contributed by atoms with Gasteiger partial charge in [-0.05, 0) is 47.9 Å². The Morgan fingerprint density at radius 3 is 2.48 bits per heavy atom. The number of hydrogen-bond acceptors (Lipinski definition) is 6. The highest BCUT2D eigenvalue weighted by molar-refractivity contribution is 7.88. The summed E-state index contributed by atoms with van der Waals surface area (Å²) in [5.41, 5.74) is -4.13. The van der Waals surface area contributed by atoms with E-state index in [2.05, 4.69) is 4.18 Å². The van der Waals surface area contributed by atoms with Crippen LogP contribution in [0.2, 0.25) is 0 Å². The van der Waals surface area contributed by atoms with Crippen LogP contribution in [0.5, 0.6) is 5.75 Å². The van der Waals surface area contributed by atoms with Crippen molar-refractivity contribution in [3.63, 3.8) is 0 Å². The molecule has 0 N–H and O–H groups in total. The van der Waals surface area contributed by atoms with E-state index < -0.39 is 27.3 Å². The van der Waals surface area contributed by atoms with Gasteiger partial charge in [0.2, 0.25) is 0 Å². The average Bonchev–Trinajstić information content (AvgIpc) is 2.65. The summed E-state index contributed by atoms with van der Waals surface area (Å²) in [5.74, 6) is -1.30. The molecule has 2 aromatic rings. The van der Waals surface area contributed by atoms with E-state index in [1.165, 1.54) is 18.2 Å². The molecule has 6 nitrogen and oxygen atoms in total. The molecule has 29 heavy (non-hydrogen) atoms. The highest BCUT2D eigenvalue weighted by Crippen LogP contribution is 2.32. The quantitative estimate of drug-likeness (QED) is 0.218. The molecule has 0 fully saturated rings. The summed E-state index contributed by atoms with van der Waals surface area (Å²) >= 11 is 0. The number of ether oxygens (including phenoxy) is 1. The lowest BCUT2D eigenvalue weighted by Gasteiger charge is -2.12. The Hall–Kier alpha value is -3.14. The van der Waals surface area contributed by atoms with Crippen LogP contribution >= 0.6 is 0 Å². The standard InChI is InChI=1S/C19H15F3O6S/c1-2-27-18(24)9-6-15-11-16(28-29(25,26)19(20,21)22)7-8-17(15)14-5-3-4-13(10-14)12-23/h3-12H,2H2,1H3. The van der Waals surface area contributed by atoms with Crippen LogP contribution in [0.1, 0.15) is 22.8 Å². The highest BCUT2D eigenvalue weighted by atomic mass is 32.2. The van der Waals surface area contributed by atoms with E-state index in [-0.39, 0.29) is 12.2 Å². The molecule has 154 valence electrons. The predicted octanol–water partition coefficient (Wildman–Crippen LogP) is 3.97. The van der Waals surface area contributed by atoms with Gasteiger partial charge in [-0.25, -0.2) is 4.79 Å². The normalized spacial score (nSPS) is 12.0. The van der Waals surface area contributed by atoms with E-state index in [4.69, 9.17) is 4.74 Å². The van der Waals surface area contributed by atoms with Gasteiger partial charge in [-0.3, -0.25) is 4.79 Å². The second-order valence-corrected chi connectivity index (χ2v) is 7.10. The van der Waals surface area contributed by atoms with E-state index in [1.807, 2.05) is 0 Å². The maximum atomic E-state index is 12.6. The van der Waals surface area contributed by atoms with Gasteiger partial charge in [0, 0.05) is 11.6 Å². The Morgan fingerprint density at radius 1 is 1.14 bits per heavy atom. The molecule has 0 aliphatic carbocycles. The number of alkyl halides is 3. The summed E-state index contributed by atoms with van der Waals surface area (Å²) in [6.07, 6.45) is 2.90. The summed E-state index contributed by atoms with van der Waals surface area (Å²) in [7, 11) is -5.86. The van der Waals surface area contributed by atoms with Crippen LogP contribution < -0.4 is 4.18 Å². The Morgan fingerprint density at radius 2 is 1.86 bits per heavy atom. The fourth-order valence-electron chi connectivity index (χ4n) is 2.30. The number of benzene rings is 2. The lowest BCUT2D eigenvalue weighted by Crippen LogP contribution is -2.28. The first-order chi connectivity index (χ1) is 13.6.